The van der Waals surface area contributed by atoms with Crippen molar-refractivity contribution < 1.29 is 13.2 Å². The number of carbonyl (C=O) groups excluding carboxylic acids is 1. The fourth-order valence-corrected chi connectivity index (χ4v) is 6.11. The highest BCUT2D eigenvalue weighted by atomic mass is 35.5. The molecule has 1 fully saturated rings. The molecule has 30 heavy (non-hydrogen) atoms. The molecule has 1 aliphatic heterocycles. The fraction of sp³-hybridized carbons (Fsp3) is 0.333. The summed E-state index contributed by atoms with van der Waals surface area (Å²) in [6.07, 6.45) is 0.570. The molecule has 0 spiro atoms. The molecule has 0 saturated carbocycles. The smallest absolute Gasteiger partial charge is 0.222 e. The van der Waals surface area contributed by atoms with Crippen LogP contribution in [-0.2, 0) is 14.6 Å². The van der Waals surface area contributed by atoms with Gasteiger partial charge in [0.05, 0.1) is 20.9 Å². The van der Waals surface area contributed by atoms with Crippen LogP contribution >= 0.6 is 22.9 Å². The zero-order chi connectivity index (χ0) is 21.1. The third kappa shape index (κ3) is 4.77. The lowest BCUT2D eigenvalue weighted by Crippen LogP contribution is -2.48. The quantitative estimate of drug-likeness (QED) is 0.555. The number of sulfone groups is 1. The van der Waals surface area contributed by atoms with E-state index < -0.39 is 9.84 Å². The first-order chi connectivity index (χ1) is 14.4. The summed E-state index contributed by atoms with van der Waals surface area (Å²) in [5.41, 5.74) is 0.928. The number of thiazole rings is 1. The topological polar surface area (TPSA) is 70.6 Å². The first-order valence-electron chi connectivity index (χ1n) is 9.79. The van der Waals surface area contributed by atoms with Crippen molar-refractivity contribution in [1.82, 2.24) is 9.88 Å². The summed E-state index contributed by atoms with van der Waals surface area (Å²) in [5, 5.41) is 1.63. The summed E-state index contributed by atoms with van der Waals surface area (Å²) in [4.78, 5) is 21.5. The molecule has 1 aliphatic rings. The van der Waals surface area contributed by atoms with Crippen LogP contribution in [0.5, 0.6) is 0 Å². The molecule has 3 aromatic rings. The standard InChI is InChI=1S/C21H22ClN3O3S2/c22-16-8-9-18-19(15-16)29-21(23-18)25-12-10-24(11-13-25)20(26)7-4-14-30(27,28)17-5-2-1-3-6-17/h1-3,5-6,8-9,15H,4,7,10-14H2. The molecule has 0 radical (unpaired) electrons. The van der Waals surface area contributed by atoms with Gasteiger partial charge in [0, 0.05) is 37.6 Å². The van der Waals surface area contributed by atoms with Crippen LogP contribution in [0.15, 0.2) is 53.4 Å². The van der Waals surface area contributed by atoms with Crippen LogP contribution in [0, 0.1) is 0 Å². The molecule has 1 saturated heterocycles. The Kier molecular flexibility index (Phi) is 6.26. The van der Waals surface area contributed by atoms with Crippen LogP contribution in [0.1, 0.15) is 12.8 Å². The minimum absolute atomic E-state index is 0.00833. The third-order valence-electron chi connectivity index (χ3n) is 5.15. The number of aromatic nitrogens is 1. The average Bonchev–Trinajstić information content (AvgIpc) is 3.17. The maximum Gasteiger partial charge on any atom is 0.222 e. The van der Waals surface area contributed by atoms with Gasteiger partial charge in [-0.1, -0.05) is 41.1 Å². The van der Waals surface area contributed by atoms with Gasteiger partial charge >= 0.3 is 0 Å². The normalized spacial score (nSPS) is 15.0. The summed E-state index contributed by atoms with van der Waals surface area (Å²) in [5.74, 6) is -0.00856. The van der Waals surface area contributed by atoms with Crippen LogP contribution in [0.25, 0.3) is 10.2 Å². The van der Waals surface area contributed by atoms with E-state index in [1.54, 1.807) is 41.7 Å². The van der Waals surface area contributed by atoms with Crippen molar-refractivity contribution >= 4 is 54.0 Å². The molecule has 0 unspecified atom stereocenters. The number of benzene rings is 2. The predicted octanol–water partition coefficient (Wildman–Crippen LogP) is 3.85. The van der Waals surface area contributed by atoms with Crippen LogP contribution in [0.4, 0.5) is 5.13 Å². The van der Waals surface area contributed by atoms with Crippen LogP contribution in [-0.4, -0.2) is 56.1 Å². The fourth-order valence-electron chi connectivity index (χ4n) is 3.49. The van der Waals surface area contributed by atoms with E-state index >= 15 is 0 Å². The SMILES string of the molecule is O=C(CCCS(=O)(=O)c1ccccc1)N1CCN(c2nc3ccc(Cl)cc3s2)CC1. The molecular formula is C21H22ClN3O3S2. The molecule has 6 nitrogen and oxygen atoms in total. The minimum atomic E-state index is -3.34. The highest BCUT2D eigenvalue weighted by molar-refractivity contribution is 7.91. The second-order valence-electron chi connectivity index (χ2n) is 7.21. The van der Waals surface area contributed by atoms with Crippen LogP contribution in [0.3, 0.4) is 0 Å². The van der Waals surface area contributed by atoms with Crippen LogP contribution in [0.2, 0.25) is 5.02 Å². The van der Waals surface area contributed by atoms with E-state index in [0.717, 1.165) is 15.3 Å². The number of piperazine rings is 1. The number of fused-ring (bicyclic) bond motifs is 1. The van der Waals surface area contributed by atoms with Crippen LogP contribution < -0.4 is 4.90 Å². The zero-order valence-corrected chi connectivity index (χ0v) is 18.7. The Morgan fingerprint density at radius 1 is 1.07 bits per heavy atom. The van der Waals surface area contributed by atoms with Crippen molar-refractivity contribution in [2.75, 3.05) is 36.8 Å². The molecule has 2 heterocycles. The molecule has 9 heteroatoms. The van der Waals surface area contributed by atoms with Crippen molar-refractivity contribution in [3.05, 3.63) is 53.6 Å². The number of halogens is 1. The molecular weight excluding hydrogens is 442 g/mol. The lowest BCUT2D eigenvalue weighted by molar-refractivity contribution is -0.131. The van der Waals surface area contributed by atoms with Gasteiger partial charge in [0.1, 0.15) is 0 Å². The van der Waals surface area contributed by atoms with Gasteiger partial charge in [0.15, 0.2) is 15.0 Å². The van der Waals surface area contributed by atoms with Gasteiger partial charge in [-0.25, -0.2) is 13.4 Å². The van der Waals surface area contributed by atoms with E-state index in [-0.39, 0.29) is 18.1 Å². The third-order valence-corrected chi connectivity index (χ3v) is 8.28. The number of hydrogen-bond donors (Lipinski definition) is 0. The van der Waals surface area contributed by atoms with E-state index in [1.165, 1.54) is 0 Å². The average molecular weight is 464 g/mol. The molecule has 0 N–H and O–H groups in total. The van der Waals surface area contributed by atoms with Gasteiger partial charge in [-0.3, -0.25) is 4.79 Å². The van der Waals surface area contributed by atoms with E-state index in [1.807, 2.05) is 23.1 Å². The summed E-state index contributed by atoms with van der Waals surface area (Å²) >= 11 is 7.66. The maximum absolute atomic E-state index is 12.5. The molecule has 0 aliphatic carbocycles. The van der Waals surface area contributed by atoms with Crippen molar-refractivity contribution in [2.24, 2.45) is 0 Å². The molecule has 4 rings (SSSR count). The van der Waals surface area contributed by atoms with E-state index in [9.17, 15) is 13.2 Å². The van der Waals surface area contributed by atoms with Gasteiger partial charge < -0.3 is 9.80 Å². The number of anilines is 1. The molecule has 1 amide bonds. The summed E-state index contributed by atoms with van der Waals surface area (Å²) in [6.45, 7) is 2.64. The van der Waals surface area contributed by atoms with Gasteiger partial charge in [0.2, 0.25) is 5.91 Å². The number of nitrogens with zero attached hydrogens (tertiary/aromatic N) is 3. The molecule has 1 aromatic heterocycles. The largest absolute Gasteiger partial charge is 0.345 e. The van der Waals surface area contributed by atoms with Crippen molar-refractivity contribution in [3.63, 3.8) is 0 Å². The van der Waals surface area contributed by atoms with Gasteiger partial charge in [-0.15, -0.1) is 0 Å². The predicted molar refractivity (Wildman–Crippen MR) is 121 cm³/mol. The second-order valence-corrected chi connectivity index (χ2v) is 10.8. The lowest BCUT2D eigenvalue weighted by atomic mass is 10.2. The molecule has 0 bridgehead atoms. The lowest BCUT2D eigenvalue weighted by Gasteiger charge is -2.34. The van der Waals surface area contributed by atoms with Gasteiger partial charge in [0.25, 0.3) is 0 Å². The Morgan fingerprint density at radius 3 is 2.53 bits per heavy atom. The number of hydrogen-bond acceptors (Lipinski definition) is 6. The Bertz CT molecular complexity index is 1140. The van der Waals surface area contributed by atoms with Crippen molar-refractivity contribution in [2.45, 2.75) is 17.7 Å². The van der Waals surface area contributed by atoms with E-state index in [2.05, 4.69) is 9.88 Å². The summed E-state index contributed by atoms with van der Waals surface area (Å²) in [6, 6.07) is 14.0. The molecule has 158 valence electrons. The second kappa shape index (κ2) is 8.91. The minimum Gasteiger partial charge on any atom is -0.345 e. The monoisotopic (exact) mass is 463 g/mol. The first-order valence-corrected chi connectivity index (χ1v) is 12.6. The molecule has 2 aromatic carbocycles. The van der Waals surface area contributed by atoms with Crippen molar-refractivity contribution in [3.8, 4) is 0 Å². The number of rotatable bonds is 6. The number of carbonyl (C=O) groups is 1. The Morgan fingerprint density at radius 2 is 1.80 bits per heavy atom. The number of amides is 1. The first kappa shape index (κ1) is 21.1. The highest BCUT2D eigenvalue weighted by Gasteiger charge is 2.23. The summed E-state index contributed by atoms with van der Waals surface area (Å²) < 4.78 is 25.7. The van der Waals surface area contributed by atoms with E-state index in [4.69, 9.17) is 11.6 Å². The van der Waals surface area contributed by atoms with Crippen molar-refractivity contribution in [1.29, 1.82) is 0 Å². The summed E-state index contributed by atoms with van der Waals surface area (Å²) in [7, 11) is -3.34. The van der Waals surface area contributed by atoms with Gasteiger partial charge in [-0.2, -0.15) is 0 Å². The zero-order valence-electron chi connectivity index (χ0n) is 16.3. The molecule has 0 atom stereocenters. The van der Waals surface area contributed by atoms with Gasteiger partial charge in [-0.05, 0) is 36.8 Å². The Labute approximate surface area is 185 Å². The maximum atomic E-state index is 12.5. The Balaban J connectivity index is 1.28. The van der Waals surface area contributed by atoms with E-state index in [0.29, 0.717) is 42.5 Å². The Hall–Kier alpha value is -2.16. The highest BCUT2D eigenvalue weighted by Crippen LogP contribution is 2.31.